The number of aromatic nitrogens is 3. The van der Waals surface area contributed by atoms with Crippen molar-refractivity contribution >= 4 is 23.2 Å². The molecule has 0 saturated carbocycles. The lowest BCUT2D eigenvalue weighted by Crippen LogP contribution is -2.56. The molecular weight excluding hydrogens is 508 g/mol. The van der Waals surface area contributed by atoms with Crippen LogP contribution in [0.4, 0.5) is 17.3 Å². The fourth-order valence-corrected chi connectivity index (χ4v) is 5.28. The van der Waals surface area contributed by atoms with Gasteiger partial charge in [-0.25, -0.2) is 9.97 Å². The number of rotatable bonds is 9. The quantitative estimate of drug-likeness (QED) is 0.415. The molecule has 3 saturated heterocycles. The SMILES string of the molecule is Cc1cc(-c2ncnc(Nc3ccc(N4CCN(C5COC5)CC4)cc3)n2)ccc1OCCN1CCNC(=O)C1. The highest BCUT2D eigenvalue weighted by molar-refractivity contribution is 5.78. The van der Waals surface area contributed by atoms with E-state index in [1.165, 1.54) is 12.0 Å². The highest BCUT2D eigenvalue weighted by Crippen LogP contribution is 2.26. The van der Waals surface area contributed by atoms with Gasteiger partial charge in [0.2, 0.25) is 11.9 Å². The maximum Gasteiger partial charge on any atom is 0.234 e. The van der Waals surface area contributed by atoms with E-state index in [4.69, 9.17) is 9.47 Å². The Kier molecular flexibility index (Phi) is 8.03. The number of carbonyl (C=O) groups excluding carboxylic acids is 1. The molecule has 0 aliphatic carbocycles. The summed E-state index contributed by atoms with van der Waals surface area (Å²) in [4.78, 5) is 32.0. The number of nitrogens with zero attached hydrogens (tertiary/aromatic N) is 6. The molecule has 2 N–H and O–H groups in total. The number of carbonyl (C=O) groups is 1. The number of nitrogens with one attached hydrogen (secondary N) is 2. The van der Waals surface area contributed by atoms with Crippen LogP contribution < -0.4 is 20.3 Å². The Balaban J connectivity index is 1.03. The van der Waals surface area contributed by atoms with Gasteiger partial charge in [0.15, 0.2) is 5.82 Å². The molecule has 11 nitrogen and oxygen atoms in total. The van der Waals surface area contributed by atoms with E-state index >= 15 is 0 Å². The Labute approximate surface area is 234 Å². The first kappa shape index (κ1) is 26.4. The summed E-state index contributed by atoms with van der Waals surface area (Å²) in [7, 11) is 0. The van der Waals surface area contributed by atoms with E-state index in [2.05, 4.69) is 64.6 Å². The predicted octanol–water partition coefficient (Wildman–Crippen LogP) is 1.92. The Morgan fingerprint density at radius 2 is 1.88 bits per heavy atom. The Bertz CT molecular complexity index is 1310. The minimum Gasteiger partial charge on any atom is -0.492 e. The monoisotopic (exact) mass is 544 g/mol. The third-order valence-electron chi connectivity index (χ3n) is 7.73. The number of benzene rings is 2. The Morgan fingerprint density at radius 1 is 1.05 bits per heavy atom. The van der Waals surface area contributed by atoms with Crippen molar-refractivity contribution in [2.75, 3.05) is 82.4 Å². The van der Waals surface area contributed by atoms with Gasteiger partial charge in [-0.05, 0) is 55.0 Å². The van der Waals surface area contributed by atoms with Crippen LogP contribution >= 0.6 is 0 Å². The van der Waals surface area contributed by atoms with Gasteiger partial charge in [0.1, 0.15) is 18.7 Å². The fourth-order valence-electron chi connectivity index (χ4n) is 5.28. The summed E-state index contributed by atoms with van der Waals surface area (Å²) >= 11 is 0. The van der Waals surface area contributed by atoms with Crippen LogP contribution in [-0.4, -0.2) is 109 Å². The summed E-state index contributed by atoms with van der Waals surface area (Å²) in [6.07, 6.45) is 1.53. The number of hydrogen-bond acceptors (Lipinski definition) is 10. The lowest BCUT2D eigenvalue weighted by molar-refractivity contribution is -0.124. The molecule has 1 aromatic heterocycles. The summed E-state index contributed by atoms with van der Waals surface area (Å²) in [5, 5.41) is 6.15. The van der Waals surface area contributed by atoms with Crippen molar-refractivity contribution in [2.24, 2.45) is 0 Å². The molecule has 3 fully saturated rings. The van der Waals surface area contributed by atoms with Crippen LogP contribution in [0, 0.1) is 6.92 Å². The van der Waals surface area contributed by atoms with E-state index in [-0.39, 0.29) is 5.91 Å². The van der Waals surface area contributed by atoms with Crippen molar-refractivity contribution in [3.8, 4) is 17.1 Å². The number of hydrogen-bond donors (Lipinski definition) is 2. The first-order valence-electron chi connectivity index (χ1n) is 14.0. The molecule has 0 atom stereocenters. The minimum absolute atomic E-state index is 0.0690. The lowest BCUT2D eigenvalue weighted by atomic mass is 10.1. The highest BCUT2D eigenvalue weighted by Gasteiger charge is 2.28. The zero-order valence-corrected chi connectivity index (χ0v) is 22.9. The van der Waals surface area contributed by atoms with E-state index in [1.54, 1.807) is 0 Å². The molecule has 6 rings (SSSR count). The second-order valence-electron chi connectivity index (χ2n) is 10.5. The van der Waals surface area contributed by atoms with Crippen molar-refractivity contribution < 1.29 is 14.3 Å². The van der Waals surface area contributed by atoms with Gasteiger partial charge in [0.05, 0.1) is 25.8 Å². The molecule has 1 amide bonds. The number of amides is 1. The minimum atomic E-state index is 0.0690. The van der Waals surface area contributed by atoms with Crippen LogP contribution in [0.15, 0.2) is 48.8 Å². The van der Waals surface area contributed by atoms with Gasteiger partial charge in [-0.2, -0.15) is 4.98 Å². The normalized spacial score (nSPS) is 18.7. The molecule has 2 aromatic carbocycles. The summed E-state index contributed by atoms with van der Waals surface area (Å²) in [5.41, 5.74) is 4.05. The molecule has 0 bridgehead atoms. The number of aryl methyl sites for hydroxylation is 1. The van der Waals surface area contributed by atoms with Crippen LogP contribution in [0.5, 0.6) is 5.75 Å². The Hall–Kier alpha value is -3.80. The van der Waals surface area contributed by atoms with Crippen molar-refractivity contribution in [3.63, 3.8) is 0 Å². The molecule has 4 heterocycles. The first-order chi connectivity index (χ1) is 19.6. The van der Waals surface area contributed by atoms with Crippen molar-refractivity contribution in [3.05, 3.63) is 54.4 Å². The van der Waals surface area contributed by atoms with Gasteiger partial charge in [-0.3, -0.25) is 14.6 Å². The maximum atomic E-state index is 11.5. The van der Waals surface area contributed by atoms with E-state index in [1.807, 2.05) is 25.1 Å². The summed E-state index contributed by atoms with van der Waals surface area (Å²) in [6.45, 7) is 11.2. The Morgan fingerprint density at radius 3 is 2.60 bits per heavy atom. The van der Waals surface area contributed by atoms with Crippen LogP contribution in [0.2, 0.25) is 0 Å². The number of piperazine rings is 2. The zero-order chi connectivity index (χ0) is 27.3. The molecule has 3 aliphatic rings. The third kappa shape index (κ3) is 6.33. The summed E-state index contributed by atoms with van der Waals surface area (Å²) in [6, 6.07) is 15.0. The van der Waals surface area contributed by atoms with Gasteiger partial charge in [0, 0.05) is 62.8 Å². The second-order valence-corrected chi connectivity index (χ2v) is 10.5. The van der Waals surface area contributed by atoms with E-state index < -0.39 is 0 Å². The van der Waals surface area contributed by atoms with E-state index in [9.17, 15) is 4.79 Å². The molecule has 0 radical (unpaired) electrons. The number of anilines is 3. The fraction of sp³-hybridized carbons (Fsp3) is 0.448. The standard InChI is InChI=1S/C29H36N8O3/c1-21-16-22(2-7-26(21)40-15-14-35-9-8-30-27(38)17-35)28-31-20-32-29(34-28)33-23-3-5-24(6-4-23)36-10-12-37(13-11-36)25-18-39-19-25/h2-7,16,20,25H,8-15,17-19H2,1H3,(H,30,38)(H,31,32,33,34). The average molecular weight is 545 g/mol. The molecule has 0 spiro atoms. The highest BCUT2D eigenvalue weighted by atomic mass is 16.5. The summed E-state index contributed by atoms with van der Waals surface area (Å²) in [5.74, 6) is 1.98. The van der Waals surface area contributed by atoms with Crippen LogP contribution in [-0.2, 0) is 9.53 Å². The lowest BCUT2D eigenvalue weighted by Gasteiger charge is -2.43. The molecule has 0 unspecified atom stereocenters. The van der Waals surface area contributed by atoms with E-state index in [0.29, 0.717) is 44.1 Å². The average Bonchev–Trinajstić information content (AvgIpc) is 2.94. The number of ether oxygens (including phenoxy) is 2. The van der Waals surface area contributed by atoms with Crippen LogP contribution in [0.1, 0.15) is 5.56 Å². The predicted molar refractivity (Wildman–Crippen MR) is 153 cm³/mol. The molecule has 210 valence electrons. The van der Waals surface area contributed by atoms with Crippen molar-refractivity contribution in [1.29, 1.82) is 0 Å². The van der Waals surface area contributed by atoms with Gasteiger partial charge < -0.3 is 25.0 Å². The van der Waals surface area contributed by atoms with Crippen molar-refractivity contribution in [1.82, 2.24) is 30.1 Å². The zero-order valence-electron chi connectivity index (χ0n) is 22.9. The van der Waals surface area contributed by atoms with Crippen molar-refractivity contribution in [2.45, 2.75) is 13.0 Å². The maximum absolute atomic E-state index is 11.5. The third-order valence-corrected chi connectivity index (χ3v) is 7.73. The molecule has 3 aromatic rings. The summed E-state index contributed by atoms with van der Waals surface area (Å²) < 4.78 is 11.3. The van der Waals surface area contributed by atoms with Gasteiger partial charge in [0.25, 0.3) is 0 Å². The topological polar surface area (TPSA) is 108 Å². The first-order valence-corrected chi connectivity index (χ1v) is 14.0. The smallest absolute Gasteiger partial charge is 0.234 e. The molecule has 40 heavy (non-hydrogen) atoms. The van der Waals surface area contributed by atoms with Gasteiger partial charge in [-0.15, -0.1) is 0 Å². The van der Waals surface area contributed by atoms with Crippen LogP contribution in [0.25, 0.3) is 11.4 Å². The van der Waals surface area contributed by atoms with E-state index in [0.717, 1.165) is 68.5 Å². The van der Waals surface area contributed by atoms with Crippen LogP contribution in [0.3, 0.4) is 0 Å². The molecule has 3 aliphatic heterocycles. The second kappa shape index (κ2) is 12.2. The molecular formula is C29H36N8O3. The largest absolute Gasteiger partial charge is 0.492 e. The van der Waals surface area contributed by atoms with Gasteiger partial charge >= 0.3 is 0 Å². The van der Waals surface area contributed by atoms with Gasteiger partial charge in [-0.1, -0.05) is 0 Å². The molecule has 11 heteroatoms.